The summed E-state index contributed by atoms with van der Waals surface area (Å²) in [5.41, 5.74) is 6.72. The van der Waals surface area contributed by atoms with Crippen LogP contribution in [0.1, 0.15) is 0 Å². The van der Waals surface area contributed by atoms with Gasteiger partial charge in [-0.25, -0.2) is 0 Å². The van der Waals surface area contributed by atoms with Crippen LogP contribution >= 0.6 is 0 Å². The molecule has 0 saturated heterocycles. The van der Waals surface area contributed by atoms with E-state index in [0.29, 0.717) is 0 Å². The molecule has 0 radical (unpaired) electrons. The molecule has 1 aliphatic heterocycles. The molecule has 1 aliphatic rings. The first-order valence-corrected chi connectivity index (χ1v) is 8.52. The largest absolute Gasteiger partial charge is 0.306 e. The fraction of sp³-hybridized carbons (Fsp3) is 0. The molecule has 0 atom stereocenters. The maximum atomic E-state index is 4.17. The van der Waals surface area contributed by atoms with Gasteiger partial charge in [0.1, 0.15) is 0 Å². The first-order valence-electron chi connectivity index (χ1n) is 8.52. The normalized spacial score (nSPS) is 12.5. The fourth-order valence-corrected chi connectivity index (χ4v) is 3.49. The van der Waals surface area contributed by atoms with Crippen LogP contribution in [0.25, 0.3) is 0 Å². The van der Waals surface area contributed by atoms with Gasteiger partial charge in [0.15, 0.2) is 0 Å². The summed E-state index contributed by atoms with van der Waals surface area (Å²) in [5.74, 6) is 0. The summed E-state index contributed by atoms with van der Waals surface area (Å²) in [6, 6.07) is 25.1. The number of para-hydroxylation sites is 4. The van der Waals surface area contributed by atoms with E-state index in [1.54, 1.807) is 0 Å². The van der Waals surface area contributed by atoms with Crippen LogP contribution in [0.15, 0.2) is 97.6 Å². The summed E-state index contributed by atoms with van der Waals surface area (Å²) in [7, 11) is 0. The number of anilines is 6. The maximum absolute atomic E-state index is 4.17. The van der Waals surface area contributed by atoms with Gasteiger partial charge in [-0.15, -0.1) is 0 Å². The summed E-state index contributed by atoms with van der Waals surface area (Å²) < 4.78 is 0. The summed E-state index contributed by atoms with van der Waals surface area (Å²) >= 11 is 0. The number of nitrogens with zero attached hydrogens (tertiary/aromatic N) is 4. The average Bonchev–Trinajstić information content (AvgIpc) is 2.73. The molecule has 4 heteroatoms. The lowest BCUT2D eigenvalue weighted by atomic mass is 10.1. The van der Waals surface area contributed by atoms with Gasteiger partial charge in [-0.2, -0.15) is 0 Å². The Hall–Kier alpha value is -3.66. The van der Waals surface area contributed by atoms with Crippen LogP contribution in [-0.4, -0.2) is 9.97 Å². The van der Waals surface area contributed by atoms with E-state index in [-0.39, 0.29) is 0 Å². The number of pyridine rings is 2. The van der Waals surface area contributed by atoms with Crippen LogP contribution in [0.2, 0.25) is 0 Å². The number of fused-ring (bicyclic) bond motifs is 2. The SMILES string of the molecule is c1ccc2c(c1)N(c1ccncc1)c1ccccc1N2c1ccncc1. The number of hydrogen-bond donors (Lipinski definition) is 0. The minimum absolute atomic E-state index is 1.09. The molecule has 0 N–H and O–H groups in total. The van der Waals surface area contributed by atoms with E-state index in [2.05, 4.69) is 68.3 Å². The minimum atomic E-state index is 1.09. The van der Waals surface area contributed by atoms with Crippen molar-refractivity contribution in [3.8, 4) is 0 Å². The molecule has 0 aliphatic carbocycles. The zero-order valence-corrected chi connectivity index (χ0v) is 14.0. The predicted molar refractivity (Wildman–Crippen MR) is 105 cm³/mol. The van der Waals surface area contributed by atoms with Gasteiger partial charge in [0.25, 0.3) is 0 Å². The molecule has 0 bridgehead atoms. The predicted octanol–water partition coefficient (Wildman–Crippen LogP) is 5.73. The van der Waals surface area contributed by atoms with Crippen molar-refractivity contribution < 1.29 is 0 Å². The molecule has 2 aromatic carbocycles. The van der Waals surface area contributed by atoms with Crippen LogP contribution in [0.5, 0.6) is 0 Å². The number of rotatable bonds is 2. The monoisotopic (exact) mass is 336 g/mol. The molecule has 4 aromatic rings. The standard InChI is InChI=1S/C22H16N4/c1-2-6-20-19(5-1)25(17-9-13-23-14-10-17)21-7-3-4-8-22(21)26(20)18-11-15-24-16-12-18/h1-16H. The molecule has 124 valence electrons. The Bertz CT molecular complexity index is 915. The zero-order chi connectivity index (χ0) is 17.3. The zero-order valence-electron chi connectivity index (χ0n) is 14.0. The topological polar surface area (TPSA) is 32.3 Å². The third kappa shape index (κ3) is 2.24. The molecule has 2 aromatic heterocycles. The molecule has 0 unspecified atom stereocenters. The first-order chi connectivity index (χ1) is 12.9. The molecule has 0 saturated carbocycles. The van der Waals surface area contributed by atoms with Crippen LogP contribution in [0.3, 0.4) is 0 Å². The molecule has 0 spiro atoms. The first kappa shape index (κ1) is 14.7. The number of aromatic nitrogens is 2. The second-order valence-electron chi connectivity index (χ2n) is 6.06. The van der Waals surface area contributed by atoms with Gasteiger partial charge >= 0.3 is 0 Å². The van der Waals surface area contributed by atoms with Crippen molar-refractivity contribution in [2.45, 2.75) is 0 Å². The van der Waals surface area contributed by atoms with Crippen LogP contribution < -0.4 is 9.80 Å². The smallest absolute Gasteiger partial charge is 0.0703 e. The highest BCUT2D eigenvalue weighted by atomic mass is 15.3. The van der Waals surface area contributed by atoms with Crippen molar-refractivity contribution in [3.05, 3.63) is 97.6 Å². The van der Waals surface area contributed by atoms with Gasteiger partial charge in [-0.1, -0.05) is 24.3 Å². The molecule has 0 fully saturated rings. The quantitative estimate of drug-likeness (QED) is 0.412. The van der Waals surface area contributed by atoms with Crippen molar-refractivity contribution in [2.75, 3.05) is 9.80 Å². The van der Waals surface area contributed by atoms with Crippen LogP contribution in [0.4, 0.5) is 34.1 Å². The van der Waals surface area contributed by atoms with E-state index in [4.69, 9.17) is 0 Å². The van der Waals surface area contributed by atoms with Crippen molar-refractivity contribution in [1.29, 1.82) is 0 Å². The molecule has 26 heavy (non-hydrogen) atoms. The van der Waals surface area contributed by atoms with E-state index in [1.165, 1.54) is 0 Å². The van der Waals surface area contributed by atoms with E-state index >= 15 is 0 Å². The molecule has 3 heterocycles. The lowest BCUT2D eigenvalue weighted by Gasteiger charge is -2.40. The van der Waals surface area contributed by atoms with Crippen molar-refractivity contribution in [3.63, 3.8) is 0 Å². The van der Waals surface area contributed by atoms with Gasteiger partial charge in [-0.05, 0) is 48.5 Å². The maximum Gasteiger partial charge on any atom is 0.0703 e. The van der Waals surface area contributed by atoms with Crippen molar-refractivity contribution >= 4 is 34.1 Å². The Morgan fingerprint density at radius 1 is 0.423 bits per heavy atom. The van der Waals surface area contributed by atoms with Crippen LogP contribution in [0, 0.1) is 0 Å². The Morgan fingerprint density at radius 3 is 1.04 bits per heavy atom. The number of hydrogen-bond acceptors (Lipinski definition) is 4. The number of benzene rings is 2. The van der Waals surface area contributed by atoms with Gasteiger partial charge in [0, 0.05) is 36.2 Å². The Kier molecular flexibility index (Phi) is 3.39. The van der Waals surface area contributed by atoms with Crippen LogP contribution in [-0.2, 0) is 0 Å². The van der Waals surface area contributed by atoms with E-state index in [9.17, 15) is 0 Å². The summed E-state index contributed by atoms with van der Waals surface area (Å²) in [4.78, 5) is 12.9. The van der Waals surface area contributed by atoms with Gasteiger partial charge < -0.3 is 9.80 Å². The second kappa shape index (κ2) is 6.01. The van der Waals surface area contributed by atoms with Crippen molar-refractivity contribution in [2.24, 2.45) is 0 Å². The highest BCUT2D eigenvalue weighted by Gasteiger charge is 2.29. The van der Waals surface area contributed by atoms with E-state index in [0.717, 1.165) is 34.1 Å². The molecular formula is C22H16N4. The summed E-state index contributed by atoms with van der Waals surface area (Å²) in [5, 5.41) is 0. The fourth-order valence-electron chi connectivity index (χ4n) is 3.49. The molecule has 4 nitrogen and oxygen atoms in total. The Morgan fingerprint density at radius 2 is 0.731 bits per heavy atom. The summed E-state index contributed by atoms with van der Waals surface area (Å²) in [6.45, 7) is 0. The third-order valence-electron chi connectivity index (χ3n) is 4.57. The van der Waals surface area contributed by atoms with Gasteiger partial charge in [-0.3, -0.25) is 9.97 Å². The third-order valence-corrected chi connectivity index (χ3v) is 4.57. The molecule has 0 amide bonds. The van der Waals surface area contributed by atoms with Gasteiger partial charge in [0.05, 0.1) is 22.7 Å². The average molecular weight is 336 g/mol. The lowest BCUT2D eigenvalue weighted by Crippen LogP contribution is -2.23. The highest BCUT2D eigenvalue weighted by molar-refractivity contribution is 6.01. The Balaban J connectivity index is 1.80. The highest BCUT2D eigenvalue weighted by Crippen LogP contribution is 2.53. The Labute approximate surface area is 152 Å². The van der Waals surface area contributed by atoms with E-state index < -0.39 is 0 Å². The summed E-state index contributed by atoms with van der Waals surface area (Å²) in [6.07, 6.45) is 7.32. The lowest BCUT2D eigenvalue weighted by molar-refractivity contribution is 1.15. The second-order valence-corrected chi connectivity index (χ2v) is 6.06. The van der Waals surface area contributed by atoms with Crippen molar-refractivity contribution in [1.82, 2.24) is 9.97 Å². The van der Waals surface area contributed by atoms with E-state index in [1.807, 2.05) is 49.1 Å². The minimum Gasteiger partial charge on any atom is -0.306 e. The van der Waals surface area contributed by atoms with Gasteiger partial charge in [0.2, 0.25) is 0 Å². The molecular weight excluding hydrogens is 320 g/mol. The molecule has 5 rings (SSSR count).